The molecule has 0 saturated carbocycles. The van der Waals surface area contributed by atoms with Crippen LogP contribution in [-0.4, -0.2) is 59.9 Å². The van der Waals surface area contributed by atoms with Crippen LogP contribution >= 0.6 is 0 Å². The summed E-state index contributed by atoms with van der Waals surface area (Å²) < 4.78 is 5.73. The minimum Gasteiger partial charge on any atom is -0.456 e. The summed E-state index contributed by atoms with van der Waals surface area (Å²) in [7, 11) is 0. The summed E-state index contributed by atoms with van der Waals surface area (Å²) in [6.45, 7) is 12.1. The van der Waals surface area contributed by atoms with Crippen molar-refractivity contribution in [2.45, 2.75) is 85.2 Å². The molecular weight excluding hydrogens is 500 g/mol. The van der Waals surface area contributed by atoms with Gasteiger partial charge in [-0.2, -0.15) is 0 Å². The van der Waals surface area contributed by atoms with E-state index in [-0.39, 0.29) is 24.2 Å². The van der Waals surface area contributed by atoms with Crippen LogP contribution in [-0.2, 0) is 28.7 Å². The van der Waals surface area contributed by atoms with E-state index in [2.05, 4.69) is 21.3 Å². The monoisotopic (exact) mass is 542 g/mol. The number of rotatable bonds is 5. The van der Waals surface area contributed by atoms with Crippen LogP contribution < -0.4 is 21.3 Å². The molecule has 1 aromatic rings. The van der Waals surface area contributed by atoms with E-state index < -0.39 is 59.9 Å². The molecular formula is C29H42N4O6. The molecule has 1 aromatic carbocycles. The number of hydrogen-bond acceptors (Lipinski definition) is 6. The maximum absolute atomic E-state index is 13.3. The number of carbonyl (C=O) groups excluding carboxylic acids is 5. The number of ether oxygens (including phenoxy) is 1. The number of nitrogens with one attached hydrogen (secondary N) is 4. The summed E-state index contributed by atoms with van der Waals surface area (Å²) in [6, 6.07) is 5.47. The highest BCUT2D eigenvalue weighted by Crippen LogP contribution is 2.14. The Bertz CT molecular complexity index is 1050. The second-order valence-corrected chi connectivity index (χ2v) is 10.9. The molecule has 0 aromatic heterocycles. The van der Waals surface area contributed by atoms with Gasteiger partial charge in [0.2, 0.25) is 23.6 Å². The zero-order valence-electron chi connectivity index (χ0n) is 23.8. The Morgan fingerprint density at radius 3 is 1.79 bits per heavy atom. The van der Waals surface area contributed by atoms with Gasteiger partial charge >= 0.3 is 5.97 Å². The maximum Gasteiger partial charge on any atom is 0.329 e. The largest absolute Gasteiger partial charge is 0.456 e. The summed E-state index contributed by atoms with van der Waals surface area (Å²) in [5.41, 5.74) is 0.846. The zero-order chi connectivity index (χ0) is 29.3. The van der Waals surface area contributed by atoms with Crippen molar-refractivity contribution in [3.63, 3.8) is 0 Å². The summed E-state index contributed by atoms with van der Waals surface area (Å²) >= 11 is 0. The van der Waals surface area contributed by atoms with Crippen LogP contribution in [0.2, 0.25) is 0 Å². The van der Waals surface area contributed by atoms with Crippen molar-refractivity contribution in [2.24, 2.45) is 17.8 Å². The maximum atomic E-state index is 13.3. The molecule has 1 aliphatic rings. The average molecular weight is 543 g/mol. The third-order valence-corrected chi connectivity index (χ3v) is 6.44. The van der Waals surface area contributed by atoms with Gasteiger partial charge in [0.1, 0.15) is 30.3 Å². The average Bonchev–Trinajstić information content (AvgIpc) is 2.86. The molecule has 10 heteroatoms. The van der Waals surface area contributed by atoms with Crippen molar-refractivity contribution < 1.29 is 28.7 Å². The fraction of sp³-hybridized carbons (Fsp3) is 0.552. The van der Waals surface area contributed by atoms with Crippen LogP contribution in [0.5, 0.6) is 0 Å². The highest BCUT2D eigenvalue weighted by molar-refractivity contribution is 5.95. The molecule has 10 nitrogen and oxygen atoms in total. The Hall–Kier alpha value is -3.69. The number of carbonyl (C=O) groups is 5. The van der Waals surface area contributed by atoms with Crippen LogP contribution in [0.3, 0.4) is 0 Å². The first-order valence-electron chi connectivity index (χ1n) is 13.4. The lowest BCUT2D eigenvalue weighted by Crippen LogP contribution is -2.59. The first-order chi connectivity index (χ1) is 18.3. The van der Waals surface area contributed by atoms with Crippen molar-refractivity contribution in [1.82, 2.24) is 21.3 Å². The predicted octanol–water partition coefficient (Wildman–Crippen LogP) is 1.94. The Morgan fingerprint density at radius 1 is 0.718 bits per heavy atom. The fourth-order valence-electron chi connectivity index (χ4n) is 4.03. The Labute approximate surface area is 230 Å². The predicted molar refractivity (Wildman–Crippen MR) is 148 cm³/mol. The lowest BCUT2D eigenvalue weighted by molar-refractivity contribution is -0.153. The third-order valence-electron chi connectivity index (χ3n) is 6.44. The van der Waals surface area contributed by atoms with Gasteiger partial charge in [-0.05, 0) is 36.3 Å². The zero-order valence-corrected chi connectivity index (χ0v) is 23.8. The quantitative estimate of drug-likeness (QED) is 0.419. The lowest BCUT2D eigenvalue weighted by Gasteiger charge is -2.29. The van der Waals surface area contributed by atoms with Gasteiger partial charge in [-0.1, -0.05) is 78.0 Å². The van der Waals surface area contributed by atoms with Crippen LogP contribution in [0.4, 0.5) is 0 Å². The molecule has 1 fully saturated rings. The summed E-state index contributed by atoms with van der Waals surface area (Å²) in [5.74, 6) is -3.78. The van der Waals surface area contributed by atoms with Gasteiger partial charge in [-0.15, -0.1) is 0 Å². The second-order valence-electron chi connectivity index (χ2n) is 10.9. The summed E-state index contributed by atoms with van der Waals surface area (Å²) in [5, 5.41) is 10.7. The molecule has 4 N–H and O–H groups in total. The lowest BCUT2D eigenvalue weighted by atomic mass is 9.99. The molecule has 0 aliphatic carbocycles. The van der Waals surface area contributed by atoms with Gasteiger partial charge in [0.05, 0.1) is 6.42 Å². The molecule has 1 saturated heterocycles. The second kappa shape index (κ2) is 14.5. The van der Waals surface area contributed by atoms with E-state index in [1.165, 1.54) is 6.92 Å². The number of cyclic esters (lactones) is 1. The third kappa shape index (κ3) is 9.53. The molecule has 4 amide bonds. The van der Waals surface area contributed by atoms with E-state index in [1.807, 2.05) is 30.3 Å². The number of hydrogen-bond donors (Lipinski definition) is 4. The van der Waals surface area contributed by atoms with Gasteiger partial charge in [-0.3, -0.25) is 19.2 Å². The standard InChI is InChI=1S/C29H42N4O6/c1-16(2)23-27(36)30-19(7)26(35)32-24(17(3)4)28(37)33-25(18(5)6)29(38)39-21(15-22(34)31-23)14-13-20-11-9-8-10-12-20/h8-14,16-19,21,23-25H,15H2,1-7H3,(H,30,36)(H,31,34)(H,32,35)(H,33,37)/b14-13+/t19-,21?,23?,24?,25+/m1/s1. The van der Waals surface area contributed by atoms with Gasteiger partial charge < -0.3 is 26.0 Å². The van der Waals surface area contributed by atoms with Crippen molar-refractivity contribution in [3.05, 3.63) is 42.0 Å². The fourth-order valence-corrected chi connectivity index (χ4v) is 4.03. The van der Waals surface area contributed by atoms with E-state index in [9.17, 15) is 24.0 Å². The van der Waals surface area contributed by atoms with E-state index in [0.29, 0.717) is 0 Å². The molecule has 5 atom stereocenters. The molecule has 1 heterocycles. The summed E-state index contributed by atoms with van der Waals surface area (Å²) in [4.78, 5) is 65.4. The normalized spacial score (nSPS) is 26.3. The number of amides is 4. The van der Waals surface area contributed by atoms with Crippen LogP contribution in [0.15, 0.2) is 36.4 Å². The molecule has 0 spiro atoms. The highest BCUT2D eigenvalue weighted by atomic mass is 16.5. The molecule has 0 radical (unpaired) electrons. The van der Waals surface area contributed by atoms with E-state index in [0.717, 1.165) is 5.56 Å². The molecule has 3 unspecified atom stereocenters. The topological polar surface area (TPSA) is 143 Å². The van der Waals surface area contributed by atoms with Crippen LogP contribution in [0.25, 0.3) is 6.08 Å². The Morgan fingerprint density at radius 2 is 1.23 bits per heavy atom. The van der Waals surface area contributed by atoms with Crippen LogP contribution in [0.1, 0.15) is 60.5 Å². The van der Waals surface area contributed by atoms with Crippen molar-refractivity contribution in [2.75, 3.05) is 0 Å². The minimum atomic E-state index is -1.01. The molecule has 2 rings (SSSR count). The van der Waals surface area contributed by atoms with Crippen LogP contribution in [0, 0.1) is 17.8 Å². The Kier molecular flexibility index (Phi) is 11.7. The molecule has 1 aliphatic heterocycles. The SMILES string of the molecule is CC(C)C1NC(=O)CC(/C=C/c2ccccc2)OC(=O)[C@H](C(C)C)NC(=O)C(C(C)C)NC(=O)[C@@H](C)NC1=O. The van der Waals surface area contributed by atoms with Crippen molar-refractivity contribution in [3.8, 4) is 0 Å². The number of benzene rings is 1. The first-order valence-corrected chi connectivity index (χ1v) is 13.4. The van der Waals surface area contributed by atoms with E-state index in [1.54, 1.807) is 53.7 Å². The highest BCUT2D eigenvalue weighted by Gasteiger charge is 2.35. The smallest absolute Gasteiger partial charge is 0.329 e. The molecule has 0 bridgehead atoms. The van der Waals surface area contributed by atoms with E-state index in [4.69, 9.17) is 4.74 Å². The van der Waals surface area contributed by atoms with Crippen molar-refractivity contribution >= 4 is 35.7 Å². The first kappa shape index (κ1) is 31.5. The summed E-state index contributed by atoms with van der Waals surface area (Å²) in [6.07, 6.45) is 2.15. The van der Waals surface area contributed by atoms with Gasteiger partial charge in [0.25, 0.3) is 0 Å². The Balaban J connectivity index is 2.47. The van der Waals surface area contributed by atoms with Gasteiger partial charge in [-0.25, -0.2) is 4.79 Å². The molecule has 39 heavy (non-hydrogen) atoms. The molecule has 214 valence electrons. The number of esters is 1. The van der Waals surface area contributed by atoms with Crippen molar-refractivity contribution in [1.29, 1.82) is 0 Å². The van der Waals surface area contributed by atoms with Gasteiger partial charge in [0, 0.05) is 0 Å². The van der Waals surface area contributed by atoms with E-state index >= 15 is 0 Å². The van der Waals surface area contributed by atoms with Gasteiger partial charge in [0.15, 0.2) is 0 Å². The minimum absolute atomic E-state index is 0.241.